The number of nitrogens with zero attached hydrogens (tertiary/aromatic N) is 1. The fourth-order valence-corrected chi connectivity index (χ4v) is 7.36. The highest BCUT2D eigenvalue weighted by Gasteiger charge is 2.53. The third kappa shape index (κ3) is 4.36. The van der Waals surface area contributed by atoms with Gasteiger partial charge in [-0.05, 0) is 81.3 Å². The van der Waals surface area contributed by atoms with Gasteiger partial charge < -0.3 is 19.5 Å². The molecular weight excluding hydrogens is 404 g/mol. The molecule has 4 aliphatic carbocycles. The second-order valence-corrected chi connectivity index (χ2v) is 10.6. The lowest BCUT2D eigenvalue weighted by Crippen LogP contribution is -2.61. The summed E-state index contributed by atoms with van der Waals surface area (Å²) in [6.07, 6.45) is 10.9. The summed E-state index contributed by atoms with van der Waals surface area (Å²) in [5.41, 5.74) is 1.03. The van der Waals surface area contributed by atoms with E-state index >= 15 is 0 Å². The summed E-state index contributed by atoms with van der Waals surface area (Å²) < 4.78 is 16.9. The van der Waals surface area contributed by atoms with Crippen molar-refractivity contribution in [1.29, 1.82) is 0 Å². The zero-order valence-electron chi connectivity index (χ0n) is 19.6. The summed E-state index contributed by atoms with van der Waals surface area (Å²) in [7, 11) is 3.27. The molecule has 6 rings (SSSR count). The zero-order chi connectivity index (χ0) is 22.1. The Morgan fingerprint density at radius 1 is 1.06 bits per heavy atom. The fraction of sp³-hybridized carbons (Fsp3) is 0.731. The summed E-state index contributed by atoms with van der Waals surface area (Å²) in [6, 6.07) is 5.45. The molecule has 1 aromatic rings. The third-order valence-corrected chi connectivity index (χ3v) is 8.44. The van der Waals surface area contributed by atoms with Gasteiger partial charge in [-0.3, -0.25) is 9.69 Å². The second kappa shape index (κ2) is 9.22. The number of hydrogen-bond donors (Lipinski definition) is 1. The van der Waals surface area contributed by atoms with E-state index in [1.165, 1.54) is 38.5 Å². The van der Waals surface area contributed by atoms with Gasteiger partial charge in [-0.15, -0.1) is 0 Å². The molecule has 1 aromatic carbocycles. The number of nitrogens with one attached hydrogen (secondary N) is 1. The van der Waals surface area contributed by atoms with Crippen molar-refractivity contribution in [3.8, 4) is 11.5 Å². The van der Waals surface area contributed by atoms with Crippen molar-refractivity contribution in [3.05, 3.63) is 23.8 Å². The molecule has 0 unspecified atom stereocenters. The van der Waals surface area contributed by atoms with Crippen LogP contribution in [0.15, 0.2) is 18.2 Å². The highest BCUT2D eigenvalue weighted by molar-refractivity contribution is 5.97. The molecule has 1 aliphatic heterocycles. The summed E-state index contributed by atoms with van der Waals surface area (Å²) in [5, 5.41) is 2.90. The van der Waals surface area contributed by atoms with Gasteiger partial charge in [0.2, 0.25) is 0 Å². The minimum Gasteiger partial charge on any atom is -0.497 e. The van der Waals surface area contributed by atoms with E-state index < -0.39 is 0 Å². The van der Waals surface area contributed by atoms with Crippen LogP contribution in [0.3, 0.4) is 0 Å². The maximum atomic E-state index is 12.7. The maximum absolute atomic E-state index is 12.7. The standard InChI is InChI=1S/C26H38N2O4/c1-30-10-7-27-25(29)23-4-3-22(31-2)14-24(23)32-21-5-8-28(9-6-21)26-15-18-11-19(16-26)13-20(12-18)17-26/h3-4,14,18-21H,5-13,15-17H2,1-2H3,(H,27,29). The van der Waals surface area contributed by atoms with Crippen LogP contribution in [0.1, 0.15) is 61.7 Å². The molecule has 5 fully saturated rings. The van der Waals surface area contributed by atoms with Crippen molar-refractivity contribution >= 4 is 5.91 Å². The number of hydrogen-bond acceptors (Lipinski definition) is 5. The molecule has 5 aliphatic rings. The van der Waals surface area contributed by atoms with E-state index in [9.17, 15) is 4.79 Å². The first-order valence-corrected chi connectivity index (χ1v) is 12.5. The molecule has 6 heteroatoms. The van der Waals surface area contributed by atoms with Crippen LogP contribution in [0.4, 0.5) is 0 Å². The minimum absolute atomic E-state index is 0.134. The monoisotopic (exact) mass is 442 g/mol. The van der Waals surface area contributed by atoms with Crippen molar-refractivity contribution in [2.45, 2.75) is 63.0 Å². The molecule has 0 radical (unpaired) electrons. The van der Waals surface area contributed by atoms with Crippen molar-refractivity contribution < 1.29 is 19.0 Å². The molecule has 4 saturated carbocycles. The maximum Gasteiger partial charge on any atom is 0.255 e. The Morgan fingerprint density at radius 3 is 2.31 bits per heavy atom. The topological polar surface area (TPSA) is 60.0 Å². The lowest BCUT2D eigenvalue weighted by Gasteiger charge is -2.61. The van der Waals surface area contributed by atoms with Crippen LogP contribution < -0.4 is 14.8 Å². The normalized spacial score (nSPS) is 32.1. The van der Waals surface area contributed by atoms with Gasteiger partial charge in [0.05, 0.1) is 19.3 Å². The Balaban J connectivity index is 1.23. The lowest BCUT2D eigenvalue weighted by molar-refractivity contribution is -0.102. The van der Waals surface area contributed by atoms with Crippen molar-refractivity contribution in [2.24, 2.45) is 17.8 Å². The van der Waals surface area contributed by atoms with E-state index in [2.05, 4.69) is 10.2 Å². The largest absolute Gasteiger partial charge is 0.497 e. The Bertz CT molecular complexity index is 783. The Labute approximate surface area is 192 Å². The van der Waals surface area contributed by atoms with Crippen LogP contribution in [0.25, 0.3) is 0 Å². The average molecular weight is 443 g/mol. The molecule has 32 heavy (non-hydrogen) atoms. The Hall–Kier alpha value is -1.79. The second-order valence-electron chi connectivity index (χ2n) is 10.6. The molecule has 1 amide bonds. The average Bonchev–Trinajstić information content (AvgIpc) is 2.78. The highest BCUT2D eigenvalue weighted by atomic mass is 16.5. The fourth-order valence-electron chi connectivity index (χ4n) is 7.36. The Kier molecular flexibility index (Phi) is 6.35. The predicted molar refractivity (Wildman–Crippen MR) is 123 cm³/mol. The molecule has 0 aromatic heterocycles. The number of amides is 1. The summed E-state index contributed by atoms with van der Waals surface area (Å²) in [5.74, 6) is 4.13. The quantitative estimate of drug-likeness (QED) is 0.619. The molecule has 0 atom stereocenters. The van der Waals surface area contributed by atoms with Crippen LogP contribution >= 0.6 is 0 Å². The van der Waals surface area contributed by atoms with E-state index in [0.717, 1.165) is 43.7 Å². The van der Waals surface area contributed by atoms with Crippen LogP contribution in [0.5, 0.6) is 11.5 Å². The molecule has 1 heterocycles. The van der Waals surface area contributed by atoms with E-state index in [-0.39, 0.29) is 12.0 Å². The molecule has 176 valence electrons. The number of benzene rings is 1. The number of rotatable bonds is 8. The molecular formula is C26H38N2O4. The number of carbonyl (C=O) groups excluding carboxylic acids is 1. The molecule has 1 saturated heterocycles. The van der Waals surface area contributed by atoms with Gasteiger partial charge in [-0.2, -0.15) is 0 Å². The van der Waals surface area contributed by atoms with Gasteiger partial charge >= 0.3 is 0 Å². The van der Waals surface area contributed by atoms with E-state index in [1.54, 1.807) is 20.3 Å². The highest BCUT2D eigenvalue weighted by Crippen LogP contribution is 2.58. The zero-order valence-corrected chi connectivity index (χ0v) is 19.6. The van der Waals surface area contributed by atoms with Crippen molar-refractivity contribution in [3.63, 3.8) is 0 Å². The first kappa shape index (κ1) is 22.0. The minimum atomic E-state index is -0.134. The van der Waals surface area contributed by atoms with Gasteiger partial charge in [0.15, 0.2) is 0 Å². The summed E-state index contributed by atoms with van der Waals surface area (Å²) in [6.45, 7) is 3.18. The summed E-state index contributed by atoms with van der Waals surface area (Å²) in [4.78, 5) is 15.5. The SMILES string of the molecule is COCCNC(=O)c1ccc(OC)cc1OC1CCN(C23CC4CC(CC(C4)C2)C3)CC1. The van der Waals surface area contributed by atoms with E-state index in [0.29, 0.717) is 35.8 Å². The van der Waals surface area contributed by atoms with Gasteiger partial charge in [0, 0.05) is 38.3 Å². The number of carbonyl (C=O) groups is 1. The lowest BCUT2D eigenvalue weighted by atomic mass is 9.52. The predicted octanol–water partition coefficient (Wildman–Crippen LogP) is 3.88. The van der Waals surface area contributed by atoms with Gasteiger partial charge in [0.1, 0.15) is 17.6 Å². The van der Waals surface area contributed by atoms with Crippen molar-refractivity contribution in [1.82, 2.24) is 10.2 Å². The number of likely N-dealkylation sites (tertiary alicyclic amines) is 1. The summed E-state index contributed by atoms with van der Waals surface area (Å²) >= 11 is 0. The van der Waals surface area contributed by atoms with Crippen LogP contribution in [0, 0.1) is 17.8 Å². The molecule has 4 bridgehead atoms. The third-order valence-electron chi connectivity index (χ3n) is 8.44. The van der Waals surface area contributed by atoms with Crippen LogP contribution in [0.2, 0.25) is 0 Å². The number of piperidine rings is 1. The van der Waals surface area contributed by atoms with Crippen molar-refractivity contribution in [2.75, 3.05) is 40.5 Å². The Morgan fingerprint density at radius 2 is 1.72 bits per heavy atom. The van der Waals surface area contributed by atoms with Gasteiger partial charge in [-0.1, -0.05) is 0 Å². The first-order chi connectivity index (χ1) is 15.6. The number of ether oxygens (including phenoxy) is 3. The van der Waals surface area contributed by atoms with Crippen LogP contribution in [-0.4, -0.2) is 62.9 Å². The molecule has 0 spiro atoms. The molecule has 6 nitrogen and oxygen atoms in total. The smallest absolute Gasteiger partial charge is 0.255 e. The van der Waals surface area contributed by atoms with Gasteiger partial charge in [0.25, 0.3) is 5.91 Å². The first-order valence-electron chi connectivity index (χ1n) is 12.5. The van der Waals surface area contributed by atoms with Crippen LogP contribution in [-0.2, 0) is 4.74 Å². The van der Waals surface area contributed by atoms with Gasteiger partial charge in [-0.25, -0.2) is 0 Å². The molecule has 1 N–H and O–H groups in total. The number of methoxy groups -OCH3 is 2. The van der Waals surface area contributed by atoms with E-state index in [1.807, 2.05) is 12.1 Å². The van der Waals surface area contributed by atoms with E-state index in [4.69, 9.17) is 14.2 Å².